The number of thioether (sulfide) groups is 1. The lowest BCUT2D eigenvalue weighted by Gasteiger charge is -2.22. The molecule has 28 heavy (non-hydrogen) atoms. The number of hydrogen-bond acceptors (Lipinski definition) is 5. The van der Waals surface area contributed by atoms with Crippen LogP contribution in [0.2, 0.25) is 0 Å². The molecule has 1 amide bonds. The molecule has 0 spiro atoms. The number of nitriles is 1. The van der Waals surface area contributed by atoms with Crippen molar-refractivity contribution in [2.45, 2.75) is 31.6 Å². The number of amides is 1. The number of carbonyl (C=O) groups is 2. The topological polar surface area (TPSA) is 70.4 Å². The molecule has 2 aromatic rings. The van der Waals surface area contributed by atoms with Crippen LogP contribution in [0.1, 0.15) is 24.0 Å². The third-order valence-corrected chi connectivity index (χ3v) is 4.95. The van der Waals surface area contributed by atoms with Crippen molar-refractivity contribution < 1.29 is 14.3 Å². The van der Waals surface area contributed by atoms with E-state index in [-0.39, 0.29) is 31.9 Å². The van der Waals surface area contributed by atoms with Gasteiger partial charge in [-0.15, -0.1) is 11.8 Å². The summed E-state index contributed by atoms with van der Waals surface area (Å²) in [6, 6.07) is 17.7. The summed E-state index contributed by atoms with van der Waals surface area (Å²) in [5, 5.41) is 8.89. The van der Waals surface area contributed by atoms with E-state index in [1.165, 1.54) is 4.90 Å². The van der Waals surface area contributed by atoms with Gasteiger partial charge in [-0.05, 0) is 49.2 Å². The molecule has 146 valence electrons. The fraction of sp³-hybridized carbons (Fsp3) is 0.318. The number of anilines is 1. The molecular weight excluding hydrogens is 372 g/mol. The Hall–Kier alpha value is -2.78. The SMILES string of the molecule is Cc1cc(C)cc(N(CCC#N)C(=O)COC(=O)CCSc2ccccc2)c1. The van der Waals surface area contributed by atoms with Gasteiger partial charge >= 0.3 is 5.97 Å². The van der Waals surface area contributed by atoms with E-state index in [0.29, 0.717) is 11.4 Å². The van der Waals surface area contributed by atoms with Crippen LogP contribution in [0.15, 0.2) is 53.4 Å². The predicted molar refractivity (Wildman–Crippen MR) is 111 cm³/mol. The molecule has 0 fully saturated rings. The number of nitrogens with zero attached hydrogens (tertiary/aromatic N) is 2. The van der Waals surface area contributed by atoms with E-state index in [0.717, 1.165) is 16.0 Å². The van der Waals surface area contributed by atoms with Gasteiger partial charge < -0.3 is 9.64 Å². The third-order valence-electron chi connectivity index (χ3n) is 3.94. The van der Waals surface area contributed by atoms with Crippen molar-refractivity contribution in [2.75, 3.05) is 23.8 Å². The molecule has 0 atom stereocenters. The number of hydrogen-bond donors (Lipinski definition) is 0. The molecule has 0 N–H and O–H groups in total. The van der Waals surface area contributed by atoms with Crippen LogP contribution in [-0.4, -0.2) is 30.8 Å². The lowest BCUT2D eigenvalue weighted by Crippen LogP contribution is -2.35. The van der Waals surface area contributed by atoms with Crippen LogP contribution < -0.4 is 4.90 Å². The van der Waals surface area contributed by atoms with Crippen molar-refractivity contribution in [3.63, 3.8) is 0 Å². The highest BCUT2D eigenvalue weighted by molar-refractivity contribution is 7.99. The average Bonchev–Trinajstić information content (AvgIpc) is 2.67. The monoisotopic (exact) mass is 396 g/mol. The van der Waals surface area contributed by atoms with Crippen molar-refractivity contribution in [1.29, 1.82) is 5.26 Å². The van der Waals surface area contributed by atoms with Crippen molar-refractivity contribution in [1.82, 2.24) is 0 Å². The van der Waals surface area contributed by atoms with Gasteiger partial charge in [-0.2, -0.15) is 5.26 Å². The molecule has 0 radical (unpaired) electrons. The maximum atomic E-state index is 12.6. The van der Waals surface area contributed by atoms with Gasteiger partial charge in [0.15, 0.2) is 6.61 Å². The van der Waals surface area contributed by atoms with Crippen molar-refractivity contribution in [3.8, 4) is 6.07 Å². The molecule has 0 aliphatic heterocycles. The molecule has 0 saturated carbocycles. The summed E-state index contributed by atoms with van der Waals surface area (Å²) in [6.07, 6.45) is 0.439. The first-order valence-corrected chi connectivity index (χ1v) is 10.1. The predicted octanol–water partition coefficient (Wildman–Crippen LogP) is 4.28. The summed E-state index contributed by atoms with van der Waals surface area (Å²) in [4.78, 5) is 27.2. The fourth-order valence-electron chi connectivity index (χ4n) is 2.73. The van der Waals surface area contributed by atoms with Crippen LogP contribution in [-0.2, 0) is 14.3 Å². The molecule has 5 nitrogen and oxygen atoms in total. The number of benzene rings is 2. The molecule has 0 saturated heterocycles. The number of carbonyl (C=O) groups excluding carboxylic acids is 2. The van der Waals surface area contributed by atoms with Crippen LogP contribution >= 0.6 is 11.8 Å². The summed E-state index contributed by atoms with van der Waals surface area (Å²) in [6.45, 7) is 3.84. The Morgan fingerprint density at radius 2 is 1.79 bits per heavy atom. The number of aryl methyl sites for hydroxylation is 2. The van der Waals surface area contributed by atoms with Gasteiger partial charge in [-0.1, -0.05) is 24.3 Å². The largest absolute Gasteiger partial charge is 0.456 e. The molecule has 2 rings (SSSR count). The summed E-state index contributed by atoms with van der Waals surface area (Å²) in [5.41, 5.74) is 2.77. The first-order valence-electron chi connectivity index (χ1n) is 9.08. The van der Waals surface area contributed by atoms with E-state index in [1.807, 2.05) is 62.4 Å². The zero-order valence-electron chi connectivity index (χ0n) is 16.2. The maximum Gasteiger partial charge on any atom is 0.307 e. The fourth-order valence-corrected chi connectivity index (χ4v) is 3.58. The number of ether oxygens (including phenoxy) is 1. The molecule has 0 aromatic heterocycles. The van der Waals surface area contributed by atoms with E-state index in [1.54, 1.807) is 11.8 Å². The minimum atomic E-state index is -0.405. The summed E-state index contributed by atoms with van der Waals surface area (Å²) >= 11 is 1.57. The summed E-state index contributed by atoms with van der Waals surface area (Å²) in [5.74, 6) is -0.145. The van der Waals surface area contributed by atoms with Gasteiger partial charge in [-0.25, -0.2) is 0 Å². The van der Waals surface area contributed by atoms with Gasteiger partial charge in [0.1, 0.15) is 0 Å². The van der Waals surface area contributed by atoms with Crippen molar-refractivity contribution in [2.24, 2.45) is 0 Å². The number of esters is 1. The van der Waals surface area contributed by atoms with E-state index in [4.69, 9.17) is 10.00 Å². The highest BCUT2D eigenvalue weighted by atomic mass is 32.2. The second kappa shape index (κ2) is 11.2. The first kappa shape index (κ1) is 21.5. The Morgan fingerprint density at radius 1 is 1.11 bits per heavy atom. The zero-order valence-corrected chi connectivity index (χ0v) is 17.0. The molecule has 6 heteroatoms. The smallest absolute Gasteiger partial charge is 0.307 e. The highest BCUT2D eigenvalue weighted by Gasteiger charge is 2.18. The molecule has 0 bridgehead atoms. The second-order valence-corrected chi connectivity index (χ2v) is 7.54. The Kier molecular flexibility index (Phi) is 8.57. The van der Waals surface area contributed by atoms with Crippen molar-refractivity contribution in [3.05, 3.63) is 59.7 Å². The van der Waals surface area contributed by atoms with E-state index in [2.05, 4.69) is 6.07 Å². The molecule has 2 aromatic carbocycles. The minimum absolute atomic E-state index is 0.209. The van der Waals surface area contributed by atoms with Gasteiger partial charge in [0.05, 0.1) is 18.9 Å². The van der Waals surface area contributed by atoms with Crippen LogP contribution in [0.25, 0.3) is 0 Å². The standard InChI is InChI=1S/C22H24N2O3S/c1-17-13-18(2)15-19(14-17)24(11-6-10-23)21(25)16-27-22(26)9-12-28-20-7-4-3-5-8-20/h3-5,7-8,13-15H,6,9,11-12,16H2,1-2H3. The Morgan fingerprint density at radius 3 is 2.43 bits per heavy atom. The zero-order chi connectivity index (χ0) is 20.4. The quantitative estimate of drug-likeness (QED) is 0.467. The molecule has 0 heterocycles. The molecular formula is C22H24N2O3S. The Balaban J connectivity index is 1.88. The van der Waals surface area contributed by atoms with Gasteiger partial charge in [0, 0.05) is 22.9 Å². The van der Waals surface area contributed by atoms with Gasteiger partial charge in [-0.3, -0.25) is 9.59 Å². The van der Waals surface area contributed by atoms with Gasteiger partial charge in [0.2, 0.25) is 0 Å². The minimum Gasteiger partial charge on any atom is -0.456 e. The summed E-state index contributed by atoms with van der Waals surface area (Å²) in [7, 11) is 0. The number of rotatable bonds is 9. The molecule has 0 aliphatic carbocycles. The lowest BCUT2D eigenvalue weighted by atomic mass is 10.1. The molecule has 0 aliphatic rings. The highest BCUT2D eigenvalue weighted by Crippen LogP contribution is 2.20. The van der Waals surface area contributed by atoms with Crippen LogP contribution in [0, 0.1) is 25.2 Å². The first-order chi connectivity index (χ1) is 13.5. The lowest BCUT2D eigenvalue weighted by molar-refractivity contribution is -0.147. The van der Waals surface area contributed by atoms with E-state index >= 15 is 0 Å². The summed E-state index contributed by atoms with van der Waals surface area (Å²) < 4.78 is 5.16. The Bertz CT molecular complexity index is 826. The van der Waals surface area contributed by atoms with Crippen LogP contribution in [0.5, 0.6) is 0 Å². The van der Waals surface area contributed by atoms with Gasteiger partial charge in [0.25, 0.3) is 5.91 Å². The van der Waals surface area contributed by atoms with E-state index < -0.39 is 5.97 Å². The average molecular weight is 397 g/mol. The second-order valence-electron chi connectivity index (χ2n) is 6.37. The van der Waals surface area contributed by atoms with Crippen LogP contribution in [0.4, 0.5) is 5.69 Å². The van der Waals surface area contributed by atoms with Crippen LogP contribution in [0.3, 0.4) is 0 Å². The Labute approximate surface area is 170 Å². The molecule has 0 unspecified atom stereocenters. The third kappa shape index (κ3) is 7.09. The van der Waals surface area contributed by atoms with Crippen molar-refractivity contribution >= 4 is 29.3 Å². The van der Waals surface area contributed by atoms with E-state index in [9.17, 15) is 9.59 Å². The normalized spacial score (nSPS) is 10.2. The maximum absolute atomic E-state index is 12.6.